The molecule has 0 N–H and O–H groups in total. The van der Waals surface area contributed by atoms with Crippen LogP contribution in [-0.2, 0) is 6.42 Å². The highest BCUT2D eigenvalue weighted by Crippen LogP contribution is 2.33. The zero-order chi connectivity index (χ0) is 12.5. The highest BCUT2D eigenvalue weighted by atomic mass is 35.5. The second-order valence-electron chi connectivity index (χ2n) is 4.37. The summed E-state index contributed by atoms with van der Waals surface area (Å²) < 4.78 is 0. The Morgan fingerprint density at radius 1 is 1.28 bits per heavy atom. The van der Waals surface area contributed by atoms with Gasteiger partial charge >= 0.3 is 0 Å². The van der Waals surface area contributed by atoms with Crippen LogP contribution in [-0.4, -0.2) is 15.8 Å². The number of hydrogen-bond donors (Lipinski definition) is 0. The second kappa shape index (κ2) is 4.50. The highest BCUT2D eigenvalue weighted by molar-refractivity contribution is 6.29. The molecule has 1 atom stereocenters. The maximum Gasteiger partial charge on any atom is 0.173 e. The molecule has 2 heterocycles. The van der Waals surface area contributed by atoms with E-state index in [0.29, 0.717) is 10.7 Å². The van der Waals surface area contributed by atoms with Gasteiger partial charge in [-0.3, -0.25) is 9.78 Å². The summed E-state index contributed by atoms with van der Waals surface area (Å²) in [6.45, 7) is 0. The lowest BCUT2D eigenvalue weighted by molar-refractivity contribution is 0.0958. The average Bonchev–Trinajstić information content (AvgIpc) is 2.82. The second-order valence-corrected chi connectivity index (χ2v) is 4.76. The predicted molar refractivity (Wildman–Crippen MR) is 68.9 cm³/mol. The van der Waals surface area contributed by atoms with E-state index in [2.05, 4.69) is 9.97 Å². The zero-order valence-electron chi connectivity index (χ0n) is 9.64. The first-order chi connectivity index (χ1) is 8.75. The summed E-state index contributed by atoms with van der Waals surface area (Å²) in [5, 5.41) is 0.400. The topological polar surface area (TPSA) is 42.9 Å². The molecule has 0 aromatic carbocycles. The van der Waals surface area contributed by atoms with Gasteiger partial charge in [0.1, 0.15) is 5.15 Å². The highest BCUT2D eigenvalue weighted by Gasteiger charge is 2.30. The van der Waals surface area contributed by atoms with Crippen LogP contribution in [0.15, 0.2) is 36.7 Å². The Balaban J connectivity index is 1.93. The van der Waals surface area contributed by atoms with Gasteiger partial charge in [0.2, 0.25) is 0 Å². The van der Waals surface area contributed by atoms with Gasteiger partial charge in [0, 0.05) is 18.0 Å². The number of aryl methyl sites for hydroxylation is 1. The summed E-state index contributed by atoms with van der Waals surface area (Å²) >= 11 is 5.72. The Bertz CT molecular complexity index is 595. The number of carbonyl (C=O) groups excluding carboxylic acids is 1. The molecular weight excluding hydrogens is 248 g/mol. The van der Waals surface area contributed by atoms with E-state index in [9.17, 15) is 4.79 Å². The quantitative estimate of drug-likeness (QED) is 0.614. The van der Waals surface area contributed by atoms with Crippen molar-refractivity contribution in [2.75, 3.05) is 0 Å². The fourth-order valence-corrected chi connectivity index (χ4v) is 2.50. The maximum atomic E-state index is 12.4. The Kier molecular flexibility index (Phi) is 2.84. The van der Waals surface area contributed by atoms with Crippen LogP contribution >= 0.6 is 11.6 Å². The molecule has 0 saturated carbocycles. The number of ketones is 1. The maximum absolute atomic E-state index is 12.4. The third-order valence-corrected chi connectivity index (χ3v) is 3.51. The van der Waals surface area contributed by atoms with E-state index >= 15 is 0 Å². The van der Waals surface area contributed by atoms with E-state index in [1.807, 2.05) is 12.1 Å². The number of pyridine rings is 2. The third kappa shape index (κ3) is 1.91. The zero-order valence-corrected chi connectivity index (χ0v) is 10.4. The molecule has 0 amide bonds. The fourth-order valence-electron chi connectivity index (χ4n) is 2.39. The molecule has 0 saturated heterocycles. The van der Waals surface area contributed by atoms with Crippen LogP contribution in [0, 0.1) is 0 Å². The van der Waals surface area contributed by atoms with Gasteiger partial charge in [0.05, 0.1) is 11.6 Å². The number of rotatable bonds is 2. The van der Waals surface area contributed by atoms with Crippen LogP contribution in [0.5, 0.6) is 0 Å². The van der Waals surface area contributed by atoms with Crippen molar-refractivity contribution in [2.45, 2.75) is 18.8 Å². The Labute approximate surface area is 110 Å². The van der Waals surface area contributed by atoms with Gasteiger partial charge < -0.3 is 0 Å². The first-order valence-electron chi connectivity index (χ1n) is 5.85. The molecule has 0 bridgehead atoms. The molecule has 1 aliphatic carbocycles. The van der Waals surface area contributed by atoms with Crippen molar-refractivity contribution in [3.05, 3.63) is 58.6 Å². The summed E-state index contributed by atoms with van der Waals surface area (Å²) in [6, 6.07) is 7.31. The van der Waals surface area contributed by atoms with Crippen molar-refractivity contribution in [3.63, 3.8) is 0 Å². The standard InChI is InChI=1S/C14H11ClN2O/c15-12-6-4-10(8-17-12)14(18)11-5-3-9-2-1-7-16-13(9)11/h1-2,4,6-8,11H,3,5H2. The third-order valence-electron chi connectivity index (χ3n) is 3.29. The normalized spacial score (nSPS) is 17.5. The number of fused-ring (bicyclic) bond motifs is 1. The molecule has 2 aromatic heterocycles. The molecule has 3 nitrogen and oxygen atoms in total. The summed E-state index contributed by atoms with van der Waals surface area (Å²) in [5.74, 6) is -0.0548. The molecule has 18 heavy (non-hydrogen) atoms. The predicted octanol–water partition coefficient (Wildman–Crippen LogP) is 3.04. The van der Waals surface area contributed by atoms with Gasteiger partial charge in [0.15, 0.2) is 5.78 Å². The molecule has 90 valence electrons. The van der Waals surface area contributed by atoms with E-state index in [-0.39, 0.29) is 11.7 Å². The van der Waals surface area contributed by atoms with Crippen molar-refractivity contribution < 1.29 is 4.79 Å². The lowest BCUT2D eigenvalue weighted by Crippen LogP contribution is -2.11. The number of aromatic nitrogens is 2. The van der Waals surface area contributed by atoms with Crippen molar-refractivity contribution in [1.29, 1.82) is 0 Å². The molecule has 0 radical (unpaired) electrons. The van der Waals surface area contributed by atoms with Gasteiger partial charge in [-0.15, -0.1) is 0 Å². The van der Waals surface area contributed by atoms with E-state index in [1.165, 1.54) is 11.8 Å². The van der Waals surface area contributed by atoms with Gasteiger partial charge in [-0.1, -0.05) is 17.7 Å². The largest absolute Gasteiger partial charge is 0.293 e. The minimum Gasteiger partial charge on any atom is -0.293 e. The Morgan fingerprint density at radius 3 is 2.94 bits per heavy atom. The summed E-state index contributed by atoms with van der Waals surface area (Å²) in [7, 11) is 0. The minimum atomic E-state index is -0.135. The summed E-state index contributed by atoms with van der Waals surface area (Å²) in [5.41, 5.74) is 2.69. The van der Waals surface area contributed by atoms with Gasteiger partial charge in [-0.25, -0.2) is 4.98 Å². The molecule has 0 spiro atoms. The van der Waals surface area contributed by atoms with Gasteiger partial charge in [-0.2, -0.15) is 0 Å². The Morgan fingerprint density at radius 2 is 2.17 bits per heavy atom. The van der Waals surface area contributed by atoms with Gasteiger partial charge in [0.25, 0.3) is 0 Å². The van der Waals surface area contributed by atoms with Crippen molar-refractivity contribution in [1.82, 2.24) is 9.97 Å². The number of nitrogens with zero attached hydrogens (tertiary/aromatic N) is 2. The van der Waals surface area contributed by atoms with Crippen LogP contribution in [0.4, 0.5) is 0 Å². The molecule has 1 unspecified atom stereocenters. The summed E-state index contributed by atoms with van der Waals surface area (Å²) in [4.78, 5) is 20.7. The van der Waals surface area contributed by atoms with Crippen molar-refractivity contribution in [2.24, 2.45) is 0 Å². The Hall–Kier alpha value is -1.74. The van der Waals surface area contributed by atoms with Crippen LogP contribution in [0.2, 0.25) is 5.15 Å². The van der Waals surface area contributed by atoms with E-state index < -0.39 is 0 Å². The fraction of sp³-hybridized carbons (Fsp3) is 0.214. The molecule has 4 heteroatoms. The average molecular weight is 259 g/mol. The summed E-state index contributed by atoms with van der Waals surface area (Å²) in [6.07, 6.45) is 5.02. The SMILES string of the molecule is O=C(c1ccc(Cl)nc1)C1CCc2cccnc21. The number of halogens is 1. The van der Waals surface area contributed by atoms with Crippen LogP contribution < -0.4 is 0 Å². The molecule has 0 aliphatic heterocycles. The van der Waals surface area contributed by atoms with E-state index in [1.54, 1.807) is 18.3 Å². The number of hydrogen-bond acceptors (Lipinski definition) is 3. The molecule has 1 aliphatic rings. The first-order valence-corrected chi connectivity index (χ1v) is 6.23. The first kappa shape index (κ1) is 11.4. The van der Waals surface area contributed by atoms with Crippen molar-refractivity contribution in [3.8, 4) is 0 Å². The van der Waals surface area contributed by atoms with Crippen LogP contribution in [0.3, 0.4) is 0 Å². The smallest absolute Gasteiger partial charge is 0.173 e. The van der Waals surface area contributed by atoms with Crippen molar-refractivity contribution >= 4 is 17.4 Å². The number of Topliss-reactive ketones (excluding diaryl/α,β-unsaturated/α-hetero) is 1. The lowest BCUT2D eigenvalue weighted by Gasteiger charge is -2.09. The van der Waals surface area contributed by atoms with E-state index in [0.717, 1.165) is 18.5 Å². The van der Waals surface area contributed by atoms with Gasteiger partial charge in [-0.05, 0) is 36.6 Å². The molecular formula is C14H11ClN2O. The molecule has 2 aromatic rings. The minimum absolute atomic E-state index is 0.0802. The molecule has 0 fully saturated rings. The van der Waals surface area contributed by atoms with Crippen LogP contribution in [0.1, 0.15) is 34.0 Å². The van der Waals surface area contributed by atoms with Crippen LogP contribution in [0.25, 0.3) is 0 Å². The number of carbonyl (C=O) groups is 1. The monoisotopic (exact) mass is 258 g/mol. The lowest BCUT2D eigenvalue weighted by atomic mass is 9.96. The molecule has 3 rings (SSSR count). The van der Waals surface area contributed by atoms with E-state index in [4.69, 9.17) is 11.6 Å².